The lowest BCUT2D eigenvalue weighted by Gasteiger charge is -2.44. The van der Waals surface area contributed by atoms with Crippen LogP contribution >= 0.6 is 0 Å². The minimum absolute atomic E-state index is 0.182. The molecule has 5 atom stereocenters. The van der Waals surface area contributed by atoms with Crippen LogP contribution in [0.3, 0.4) is 0 Å². The number of nitrogens with zero attached hydrogens (tertiary/aromatic N) is 3. The number of benzene rings is 3. The molecule has 210 valence electrons. The SMILES string of the molecule is CC(=O)N[C@@H]1[C@@H](OC(=O)c2ccccc2)[C@H](OC(=O)c2ccccc2)[C@@H](COC(=O)c2ccccc2)O[C@H]1N=[N+]=[N-]. The van der Waals surface area contributed by atoms with Gasteiger partial charge in [0.05, 0.1) is 16.7 Å². The van der Waals surface area contributed by atoms with Crippen LogP contribution in [0, 0.1) is 0 Å². The van der Waals surface area contributed by atoms with Gasteiger partial charge in [-0.3, -0.25) is 4.79 Å². The second-order valence-corrected chi connectivity index (χ2v) is 8.93. The Balaban J connectivity index is 1.71. The summed E-state index contributed by atoms with van der Waals surface area (Å²) in [6, 6.07) is 23.0. The largest absolute Gasteiger partial charge is 0.459 e. The number of carbonyl (C=O) groups excluding carboxylic acids is 4. The highest BCUT2D eigenvalue weighted by atomic mass is 16.6. The van der Waals surface area contributed by atoms with Gasteiger partial charge in [0, 0.05) is 11.8 Å². The third kappa shape index (κ3) is 7.47. The Hall–Kier alpha value is -5.19. The van der Waals surface area contributed by atoms with Gasteiger partial charge in [0.25, 0.3) is 0 Å². The monoisotopic (exact) mass is 558 g/mol. The van der Waals surface area contributed by atoms with E-state index in [1.54, 1.807) is 66.7 Å². The zero-order valence-electron chi connectivity index (χ0n) is 21.9. The molecule has 1 fully saturated rings. The molecule has 12 nitrogen and oxygen atoms in total. The highest BCUT2D eigenvalue weighted by Crippen LogP contribution is 2.29. The Morgan fingerprint density at radius 2 is 1.24 bits per heavy atom. The van der Waals surface area contributed by atoms with Crippen molar-refractivity contribution >= 4 is 23.8 Å². The summed E-state index contributed by atoms with van der Waals surface area (Å²) in [5, 5.41) is 6.20. The molecule has 0 unspecified atom stereocenters. The van der Waals surface area contributed by atoms with Crippen LogP contribution < -0.4 is 5.32 Å². The summed E-state index contributed by atoms with van der Waals surface area (Å²) in [6.07, 6.45) is -5.49. The smallest absolute Gasteiger partial charge is 0.338 e. The van der Waals surface area contributed by atoms with Gasteiger partial charge in [-0.2, -0.15) is 0 Å². The number of nitrogens with one attached hydrogen (secondary N) is 1. The van der Waals surface area contributed by atoms with Crippen LogP contribution in [0.2, 0.25) is 0 Å². The highest BCUT2D eigenvalue weighted by Gasteiger charge is 2.51. The van der Waals surface area contributed by atoms with Crippen LogP contribution in [0.1, 0.15) is 38.0 Å². The number of hydrogen-bond donors (Lipinski definition) is 1. The zero-order chi connectivity index (χ0) is 29.2. The molecular weight excluding hydrogens is 532 g/mol. The first-order valence-corrected chi connectivity index (χ1v) is 12.6. The van der Waals surface area contributed by atoms with Gasteiger partial charge in [0.15, 0.2) is 18.4 Å². The highest BCUT2D eigenvalue weighted by molar-refractivity contribution is 5.91. The molecule has 1 heterocycles. The molecule has 0 saturated carbocycles. The van der Waals surface area contributed by atoms with Crippen LogP contribution in [0.25, 0.3) is 10.4 Å². The van der Waals surface area contributed by atoms with Crippen molar-refractivity contribution in [3.63, 3.8) is 0 Å². The molecule has 41 heavy (non-hydrogen) atoms. The number of ether oxygens (including phenoxy) is 4. The minimum Gasteiger partial charge on any atom is -0.459 e. The lowest BCUT2D eigenvalue weighted by atomic mass is 9.95. The molecule has 0 bridgehead atoms. The Morgan fingerprint density at radius 1 is 0.780 bits per heavy atom. The number of hydrogen-bond acceptors (Lipinski definition) is 9. The Bertz CT molecular complexity index is 1410. The fraction of sp³-hybridized carbons (Fsp3) is 0.241. The van der Waals surface area contributed by atoms with Crippen LogP contribution in [-0.4, -0.2) is 61.0 Å². The summed E-state index contributed by atoms with van der Waals surface area (Å²) in [7, 11) is 0. The number of amides is 1. The van der Waals surface area contributed by atoms with E-state index < -0.39 is 61.0 Å². The van der Waals surface area contributed by atoms with Crippen LogP contribution in [-0.2, 0) is 23.7 Å². The average Bonchev–Trinajstić information content (AvgIpc) is 3.00. The summed E-state index contributed by atoms with van der Waals surface area (Å²) < 4.78 is 23.0. The van der Waals surface area contributed by atoms with Crippen molar-refractivity contribution in [1.29, 1.82) is 0 Å². The lowest BCUT2D eigenvalue weighted by Crippen LogP contribution is -2.65. The molecule has 1 N–H and O–H groups in total. The molecule has 3 aromatic carbocycles. The van der Waals surface area contributed by atoms with E-state index in [-0.39, 0.29) is 16.7 Å². The molecule has 1 amide bonds. The molecular formula is C29H26N4O8. The normalized spacial score (nSPS) is 21.4. The summed E-state index contributed by atoms with van der Waals surface area (Å²) in [5.74, 6) is -2.83. The number of azide groups is 1. The van der Waals surface area contributed by atoms with Crippen LogP contribution in [0.15, 0.2) is 96.1 Å². The van der Waals surface area contributed by atoms with Crippen molar-refractivity contribution in [2.45, 2.75) is 37.5 Å². The summed E-state index contributed by atoms with van der Waals surface area (Å²) in [4.78, 5) is 54.0. The third-order valence-electron chi connectivity index (χ3n) is 6.09. The van der Waals surface area contributed by atoms with Crippen LogP contribution in [0.4, 0.5) is 0 Å². The third-order valence-corrected chi connectivity index (χ3v) is 6.09. The first-order chi connectivity index (χ1) is 19.9. The molecule has 0 aromatic heterocycles. The molecule has 12 heteroatoms. The van der Waals surface area contributed by atoms with E-state index >= 15 is 0 Å². The molecule has 0 radical (unpaired) electrons. The fourth-order valence-electron chi connectivity index (χ4n) is 4.22. The predicted octanol–water partition coefficient (Wildman–Crippen LogP) is 3.83. The quantitative estimate of drug-likeness (QED) is 0.136. The van der Waals surface area contributed by atoms with Gasteiger partial charge in [0.2, 0.25) is 5.91 Å². The fourth-order valence-corrected chi connectivity index (χ4v) is 4.22. The molecule has 1 saturated heterocycles. The summed E-state index contributed by atoms with van der Waals surface area (Å²) in [5.41, 5.74) is 9.85. The zero-order valence-corrected chi connectivity index (χ0v) is 21.9. The number of carbonyl (C=O) groups is 4. The van der Waals surface area contributed by atoms with E-state index in [1.165, 1.54) is 31.2 Å². The maximum absolute atomic E-state index is 13.2. The van der Waals surface area contributed by atoms with E-state index in [1.807, 2.05) is 0 Å². The Morgan fingerprint density at radius 3 is 1.71 bits per heavy atom. The molecule has 0 aliphatic carbocycles. The summed E-state index contributed by atoms with van der Waals surface area (Å²) in [6.45, 7) is 0.742. The van der Waals surface area contributed by atoms with Crippen LogP contribution in [0.5, 0.6) is 0 Å². The molecule has 4 rings (SSSR count). The Kier molecular flexibility index (Phi) is 9.66. The first kappa shape index (κ1) is 28.8. The topological polar surface area (TPSA) is 166 Å². The van der Waals surface area contributed by atoms with Crippen molar-refractivity contribution in [2.75, 3.05) is 6.61 Å². The maximum atomic E-state index is 13.2. The van der Waals surface area contributed by atoms with Gasteiger partial charge < -0.3 is 24.3 Å². The average molecular weight is 559 g/mol. The van der Waals surface area contributed by atoms with Gasteiger partial charge in [0.1, 0.15) is 18.8 Å². The van der Waals surface area contributed by atoms with Gasteiger partial charge in [-0.1, -0.05) is 59.7 Å². The molecule has 1 aliphatic rings. The lowest BCUT2D eigenvalue weighted by molar-refractivity contribution is -0.195. The van der Waals surface area contributed by atoms with Gasteiger partial charge in [-0.05, 0) is 41.9 Å². The van der Waals surface area contributed by atoms with Gasteiger partial charge in [-0.25, -0.2) is 14.4 Å². The van der Waals surface area contributed by atoms with Crippen molar-refractivity contribution in [2.24, 2.45) is 5.11 Å². The molecule has 1 aliphatic heterocycles. The molecule has 0 spiro atoms. The van der Waals surface area contributed by atoms with Crippen molar-refractivity contribution in [3.8, 4) is 0 Å². The standard InChI is InChI=1S/C29H26N4O8/c1-18(34)31-23-25(41-29(37)21-15-9-4-10-16-21)24(40-28(36)20-13-7-3-8-14-20)22(39-26(23)32-33-30)17-38-27(35)19-11-5-2-6-12-19/h2-16,22-26H,17H2,1H3,(H,31,34)/t22-,23-,24-,25-,26-/m1/s1. The maximum Gasteiger partial charge on any atom is 0.338 e. The van der Waals surface area contributed by atoms with Crippen molar-refractivity contribution in [3.05, 3.63) is 118 Å². The van der Waals surface area contributed by atoms with Gasteiger partial charge >= 0.3 is 17.9 Å². The van der Waals surface area contributed by atoms with E-state index in [9.17, 15) is 24.7 Å². The number of rotatable bonds is 9. The van der Waals surface area contributed by atoms with Crippen molar-refractivity contribution < 1.29 is 38.1 Å². The second kappa shape index (κ2) is 13.7. The van der Waals surface area contributed by atoms with E-state index in [2.05, 4.69) is 15.3 Å². The second-order valence-electron chi connectivity index (χ2n) is 8.93. The van der Waals surface area contributed by atoms with Crippen molar-refractivity contribution in [1.82, 2.24) is 5.32 Å². The predicted molar refractivity (Wildman–Crippen MR) is 143 cm³/mol. The van der Waals surface area contributed by atoms with E-state index in [4.69, 9.17) is 18.9 Å². The van der Waals surface area contributed by atoms with E-state index in [0.717, 1.165) is 0 Å². The number of esters is 3. The van der Waals surface area contributed by atoms with Gasteiger partial charge in [-0.15, -0.1) is 0 Å². The molecule has 3 aromatic rings. The minimum atomic E-state index is -1.41. The summed E-state index contributed by atoms with van der Waals surface area (Å²) >= 11 is 0. The van der Waals surface area contributed by atoms with E-state index in [0.29, 0.717) is 0 Å². The Labute approximate surface area is 234 Å². The first-order valence-electron chi connectivity index (χ1n) is 12.6.